The monoisotopic (exact) mass is 264 g/mol. The number of carbonyl (C=O) groups excluding carboxylic acids is 1. The quantitative estimate of drug-likeness (QED) is 0.784. The van der Waals surface area contributed by atoms with Crippen molar-refractivity contribution < 1.29 is 13.9 Å². The zero-order chi connectivity index (χ0) is 13.1. The molecule has 0 fully saturated rings. The van der Waals surface area contributed by atoms with Crippen LogP contribution in [0.5, 0.6) is 5.75 Å². The topological polar surface area (TPSA) is 26.3 Å². The second-order valence-corrected chi connectivity index (χ2v) is 4.11. The van der Waals surface area contributed by atoms with E-state index in [0.29, 0.717) is 17.6 Å². The number of aldehydes is 1. The van der Waals surface area contributed by atoms with Gasteiger partial charge in [-0.25, -0.2) is 4.39 Å². The van der Waals surface area contributed by atoms with Gasteiger partial charge in [-0.05, 0) is 35.4 Å². The summed E-state index contributed by atoms with van der Waals surface area (Å²) in [5.41, 5.74) is 1.96. The van der Waals surface area contributed by atoms with E-state index in [-0.39, 0.29) is 5.02 Å². The molecule has 0 N–H and O–H groups in total. The van der Waals surface area contributed by atoms with Crippen LogP contribution in [0.1, 0.15) is 10.4 Å². The number of carbonyl (C=O) groups is 1. The molecule has 2 nitrogen and oxygen atoms in total. The van der Waals surface area contributed by atoms with E-state index in [4.69, 9.17) is 16.3 Å². The molecule has 0 heterocycles. The van der Waals surface area contributed by atoms with Gasteiger partial charge in [-0.15, -0.1) is 0 Å². The van der Waals surface area contributed by atoms with Crippen molar-refractivity contribution >= 4 is 17.9 Å². The maximum Gasteiger partial charge on any atom is 0.153 e. The summed E-state index contributed by atoms with van der Waals surface area (Å²) in [5, 5.41) is 0.0518. The Morgan fingerprint density at radius 1 is 1.17 bits per heavy atom. The normalized spacial score (nSPS) is 10.2. The van der Waals surface area contributed by atoms with Crippen LogP contribution in [0.25, 0.3) is 11.1 Å². The first-order chi connectivity index (χ1) is 8.65. The first-order valence-electron chi connectivity index (χ1n) is 5.24. The van der Waals surface area contributed by atoms with Gasteiger partial charge < -0.3 is 4.74 Å². The third kappa shape index (κ3) is 2.36. The molecule has 0 bridgehead atoms. The highest BCUT2D eigenvalue weighted by Gasteiger charge is 2.07. The predicted octanol–water partition coefficient (Wildman–Crippen LogP) is 3.97. The number of hydrogen-bond acceptors (Lipinski definition) is 2. The van der Waals surface area contributed by atoms with Crippen LogP contribution in [0, 0.1) is 5.82 Å². The Labute approximate surface area is 109 Å². The van der Waals surface area contributed by atoms with Gasteiger partial charge in [-0.2, -0.15) is 0 Å². The molecule has 0 aliphatic heterocycles. The lowest BCUT2D eigenvalue weighted by Gasteiger charge is -2.07. The Bertz CT molecular complexity index is 596. The zero-order valence-electron chi connectivity index (χ0n) is 9.61. The number of hydrogen-bond donors (Lipinski definition) is 0. The van der Waals surface area contributed by atoms with Gasteiger partial charge in [-0.1, -0.05) is 23.7 Å². The van der Waals surface area contributed by atoms with Crippen LogP contribution in [0.3, 0.4) is 0 Å². The average molecular weight is 265 g/mol. The van der Waals surface area contributed by atoms with Gasteiger partial charge in [0.2, 0.25) is 0 Å². The molecule has 2 rings (SSSR count). The van der Waals surface area contributed by atoms with Crippen LogP contribution in [0.2, 0.25) is 5.02 Å². The van der Waals surface area contributed by atoms with Gasteiger partial charge in [0.15, 0.2) is 6.29 Å². The molecular formula is C14H10ClFO2. The van der Waals surface area contributed by atoms with Crippen molar-refractivity contribution in [3.05, 3.63) is 52.8 Å². The molecule has 0 spiro atoms. The van der Waals surface area contributed by atoms with Gasteiger partial charge in [0.05, 0.1) is 17.7 Å². The molecule has 4 heteroatoms. The summed E-state index contributed by atoms with van der Waals surface area (Å²) in [7, 11) is 1.50. The Kier molecular flexibility index (Phi) is 3.63. The third-order valence-corrected chi connectivity index (χ3v) is 2.90. The van der Waals surface area contributed by atoms with Crippen molar-refractivity contribution in [2.24, 2.45) is 0 Å². The van der Waals surface area contributed by atoms with Crippen LogP contribution in [-0.4, -0.2) is 13.4 Å². The lowest BCUT2D eigenvalue weighted by atomic mass is 10.0. The number of benzene rings is 2. The van der Waals surface area contributed by atoms with Crippen molar-refractivity contribution in [1.29, 1.82) is 0 Å². The lowest BCUT2D eigenvalue weighted by Crippen LogP contribution is -1.91. The fourth-order valence-corrected chi connectivity index (χ4v) is 1.86. The summed E-state index contributed by atoms with van der Waals surface area (Å²) >= 11 is 5.73. The standard InChI is InChI=1S/C14H10ClFO2/c1-18-14-5-3-9(6-11(14)8-17)10-2-4-13(16)12(15)7-10/h2-8H,1H3. The molecule has 0 atom stereocenters. The second-order valence-electron chi connectivity index (χ2n) is 3.70. The van der Waals surface area contributed by atoms with E-state index in [0.717, 1.165) is 11.1 Å². The summed E-state index contributed by atoms with van der Waals surface area (Å²) in [6.45, 7) is 0. The highest BCUT2D eigenvalue weighted by Crippen LogP contribution is 2.28. The van der Waals surface area contributed by atoms with E-state index in [1.807, 2.05) is 0 Å². The van der Waals surface area contributed by atoms with E-state index in [1.165, 1.54) is 19.2 Å². The second kappa shape index (κ2) is 5.19. The molecule has 0 saturated heterocycles. The van der Waals surface area contributed by atoms with E-state index < -0.39 is 5.82 Å². The molecule has 0 saturated carbocycles. The molecule has 2 aromatic rings. The van der Waals surface area contributed by atoms with Gasteiger partial charge in [-0.3, -0.25) is 4.79 Å². The Hall–Kier alpha value is -1.87. The van der Waals surface area contributed by atoms with Crippen molar-refractivity contribution in [2.45, 2.75) is 0 Å². The highest BCUT2D eigenvalue weighted by molar-refractivity contribution is 6.31. The Morgan fingerprint density at radius 3 is 2.44 bits per heavy atom. The van der Waals surface area contributed by atoms with Gasteiger partial charge in [0.25, 0.3) is 0 Å². The van der Waals surface area contributed by atoms with Crippen LogP contribution >= 0.6 is 11.6 Å². The molecule has 92 valence electrons. The highest BCUT2D eigenvalue weighted by atomic mass is 35.5. The smallest absolute Gasteiger partial charge is 0.153 e. The summed E-state index contributed by atoms with van der Waals surface area (Å²) in [4.78, 5) is 10.9. The van der Waals surface area contributed by atoms with Crippen LogP contribution < -0.4 is 4.74 Å². The molecule has 0 unspecified atom stereocenters. The van der Waals surface area contributed by atoms with Gasteiger partial charge in [0.1, 0.15) is 11.6 Å². The SMILES string of the molecule is COc1ccc(-c2ccc(F)c(Cl)c2)cc1C=O. The summed E-state index contributed by atoms with van der Waals surface area (Å²) < 4.78 is 18.1. The molecule has 0 radical (unpaired) electrons. The third-order valence-electron chi connectivity index (χ3n) is 2.61. The molecule has 2 aromatic carbocycles. The van der Waals surface area contributed by atoms with Crippen molar-refractivity contribution in [1.82, 2.24) is 0 Å². The molecule has 0 aliphatic rings. The van der Waals surface area contributed by atoms with E-state index in [2.05, 4.69) is 0 Å². The summed E-state index contributed by atoms with van der Waals surface area (Å²) in [5.74, 6) is 0.0338. The van der Waals surface area contributed by atoms with E-state index in [9.17, 15) is 9.18 Å². The zero-order valence-corrected chi connectivity index (χ0v) is 10.4. The number of ether oxygens (including phenoxy) is 1. The number of rotatable bonds is 3. The Balaban J connectivity index is 2.50. The molecule has 0 aromatic heterocycles. The predicted molar refractivity (Wildman–Crippen MR) is 68.8 cm³/mol. The lowest BCUT2D eigenvalue weighted by molar-refractivity contribution is 0.112. The number of methoxy groups -OCH3 is 1. The minimum atomic E-state index is -0.468. The molecule has 18 heavy (non-hydrogen) atoms. The van der Waals surface area contributed by atoms with E-state index >= 15 is 0 Å². The molecular weight excluding hydrogens is 255 g/mol. The van der Waals surface area contributed by atoms with Crippen molar-refractivity contribution in [3.63, 3.8) is 0 Å². The van der Waals surface area contributed by atoms with Crippen molar-refractivity contribution in [2.75, 3.05) is 7.11 Å². The summed E-state index contributed by atoms with van der Waals surface area (Å²) in [6, 6.07) is 9.58. The fraction of sp³-hybridized carbons (Fsp3) is 0.0714. The molecule has 0 amide bonds. The van der Waals surface area contributed by atoms with Gasteiger partial charge in [0, 0.05) is 0 Å². The molecule has 0 aliphatic carbocycles. The first-order valence-corrected chi connectivity index (χ1v) is 5.62. The van der Waals surface area contributed by atoms with Crippen LogP contribution in [-0.2, 0) is 0 Å². The Morgan fingerprint density at radius 2 is 1.83 bits per heavy atom. The number of halogens is 2. The van der Waals surface area contributed by atoms with E-state index in [1.54, 1.807) is 24.3 Å². The maximum atomic E-state index is 13.1. The first kappa shape index (κ1) is 12.6. The average Bonchev–Trinajstić information content (AvgIpc) is 2.41. The van der Waals surface area contributed by atoms with Crippen LogP contribution in [0.4, 0.5) is 4.39 Å². The summed E-state index contributed by atoms with van der Waals surface area (Å²) in [6.07, 6.45) is 0.716. The maximum absolute atomic E-state index is 13.1. The van der Waals surface area contributed by atoms with Crippen molar-refractivity contribution in [3.8, 4) is 16.9 Å². The fourth-order valence-electron chi connectivity index (χ4n) is 1.68. The van der Waals surface area contributed by atoms with Gasteiger partial charge >= 0.3 is 0 Å². The minimum Gasteiger partial charge on any atom is -0.496 e. The largest absolute Gasteiger partial charge is 0.496 e. The minimum absolute atomic E-state index is 0.0518. The van der Waals surface area contributed by atoms with Crippen LogP contribution in [0.15, 0.2) is 36.4 Å².